The zero-order valence-corrected chi connectivity index (χ0v) is 15.7. The molecule has 0 amide bonds. The van der Waals surface area contributed by atoms with Gasteiger partial charge in [0.2, 0.25) is 0 Å². The minimum absolute atomic E-state index is 0.251. The Morgan fingerprint density at radius 1 is 1.07 bits per heavy atom. The van der Waals surface area contributed by atoms with Gasteiger partial charge in [-0.25, -0.2) is 0 Å². The van der Waals surface area contributed by atoms with E-state index in [2.05, 4.69) is 28.4 Å². The predicted molar refractivity (Wildman–Crippen MR) is 102 cm³/mol. The van der Waals surface area contributed by atoms with Crippen LogP contribution in [0.15, 0.2) is 52.1 Å². The lowest BCUT2D eigenvalue weighted by Gasteiger charge is -2.16. The van der Waals surface area contributed by atoms with Crippen molar-refractivity contribution in [2.24, 2.45) is 0 Å². The van der Waals surface area contributed by atoms with Crippen LogP contribution in [0.25, 0.3) is 0 Å². The highest BCUT2D eigenvalue weighted by Crippen LogP contribution is 2.26. The number of benzene rings is 2. The van der Waals surface area contributed by atoms with Crippen LogP contribution in [-0.2, 0) is 25.2 Å². The molecule has 0 saturated heterocycles. The number of nitriles is 1. The maximum Gasteiger partial charge on any atom is 0.277 e. The molecule has 0 N–H and O–H groups in total. The molecule has 1 aromatic heterocycles. The first-order chi connectivity index (χ1) is 13.3. The highest BCUT2D eigenvalue weighted by atomic mass is 32.2. The van der Waals surface area contributed by atoms with Gasteiger partial charge in [0.15, 0.2) is 6.61 Å². The normalized spacial score (nSPS) is 13.0. The second-order valence-corrected chi connectivity index (χ2v) is 7.37. The Morgan fingerprint density at radius 3 is 2.81 bits per heavy atom. The van der Waals surface area contributed by atoms with E-state index in [9.17, 15) is 0 Å². The summed E-state index contributed by atoms with van der Waals surface area (Å²) in [5.41, 5.74) is 4.44. The second-order valence-electron chi connectivity index (χ2n) is 6.45. The maximum atomic E-state index is 9.14. The molecule has 0 saturated carbocycles. The summed E-state index contributed by atoms with van der Waals surface area (Å²) in [5, 5.41) is 17.7. The van der Waals surface area contributed by atoms with Crippen molar-refractivity contribution >= 4 is 11.8 Å². The van der Waals surface area contributed by atoms with Gasteiger partial charge in [0, 0.05) is 5.75 Å². The number of nitrogens with zero attached hydrogens (tertiary/aromatic N) is 3. The number of rotatable bonds is 6. The molecular weight excluding hydrogens is 358 g/mol. The van der Waals surface area contributed by atoms with Crippen LogP contribution in [0.2, 0.25) is 0 Å². The van der Waals surface area contributed by atoms with Gasteiger partial charge in [0.25, 0.3) is 11.1 Å². The molecule has 2 aromatic carbocycles. The number of fused-ring (bicyclic) bond motifs is 1. The summed E-state index contributed by atoms with van der Waals surface area (Å²) in [6.45, 7) is 0.251. The standard InChI is InChI=1S/C21H19N3O2S/c22-12-17-7-3-4-8-18(17)14-27-21-24-23-20(26-21)13-25-19-10-9-15-5-1-2-6-16(15)11-19/h3-4,7-11H,1-2,5-6,13-14H2. The number of ether oxygens (including phenoxy) is 1. The summed E-state index contributed by atoms with van der Waals surface area (Å²) in [4.78, 5) is 0. The molecule has 1 aliphatic rings. The van der Waals surface area contributed by atoms with Crippen molar-refractivity contribution in [2.45, 2.75) is 43.3 Å². The Hall–Kier alpha value is -2.78. The zero-order chi connectivity index (χ0) is 18.5. The molecule has 0 aliphatic heterocycles. The van der Waals surface area contributed by atoms with Gasteiger partial charge in [0.05, 0.1) is 11.6 Å². The van der Waals surface area contributed by atoms with E-state index in [0.717, 1.165) is 24.2 Å². The number of hydrogen-bond acceptors (Lipinski definition) is 6. The number of thioether (sulfide) groups is 1. The fraction of sp³-hybridized carbons (Fsp3) is 0.286. The summed E-state index contributed by atoms with van der Waals surface area (Å²) in [6.07, 6.45) is 4.80. The number of aromatic nitrogens is 2. The van der Waals surface area contributed by atoms with E-state index in [4.69, 9.17) is 14.4 Å². The Labute approximate surface area is 162 Å². The summed E-state index contributed by atoms with van der Waals surface area (Å²) >= 11 is 1.42. The van der Waals surface area contributed by atoms with E-state index in [1.165, 1.54) is 35.7 Å². The molecule has 136 valence electrons. The second kappa shape index (κ2) is 8.28. The van der Waals surface area contributed by atoms with Crippen molar-refractivity contribution < 1.29 is 9.15 Å². The van der Waals surface area contributed by atoms with E-state index < -0.39 is 0 Å². The molecule has 6 heteroatoms. The van der Waals surface area contributed by atoms with Crippen LogP contribution in [0.1, 0.15) is 41.0 Å². The highest BCUT2D eigenvalue weighted by Gasteiger charge is 2.12. The van der Waals surface area contributed by atoms with E-state index in [-0.39, 0.29) is 6.61 Å². The molecule has 1 aliphatic carbocycles. The van der Waals surface area contributed by atoms with Crippen LogP contribution in [0, 0.1) is 11.3 Å². The smallest absolute Gasteiger partial charge is 0.277 e. The first kappa shape index (κ1) is 17.6. The summed E-state index contributed by atoms with van der Waals surface area (Å²) in [6, 6.07) is 16.0. The fourth-order valence-corrected chi connectivity index (χ4v) is 3.98. The molecule has 0 atom stereocenters. The molecule has 0 bridgehead atoms. The molecule has 1 heterocycles. The van der Waals surface area contributed by atoms with Crippen molar-refractivity contribution in [1.29, 1.82) is 5.26 Å². The van der Waals surface area contributed by atoms with Gasteiger partial charge in [-0.1, -0.05) is 36.0 Å². The molecule has 27 heavy (non-hydrogen) atoms. The zero-order valence-electron chi connectivity index (χ0n) is 14.9. The summed E-state index contributed by atoms with van der Waals surface area (Å²) in [7, 11) is 0. The lowest BCUT2D eigenvalue weighted by molar-refractivity contribution is 0.252. The quantitative estimate of drug-likeness (QED) is 0.580. The topological polar surface area (TPSA) is 71.9 Å². The molecule has 0 unspecified atom stereocenters. The largest absolute Gasteiger partial charge is 0.484 e. The molecule has 4 rings (SSSR count). The monoisotopic (exact) mass is 377 g/mol. The van der Waals surface area contributed by atoms with Crippen LogP contribution >= 0.6 is 11.8 Å². The predicted octanol–water partition coefficient (Wildman–Crippen LogP) is 4.69. The van der Waals surface area contributed by atoms with Crippen LogP contribution in [0.5, 0.6) is 5.75 Å². The summed E-state index contributed by atoms with van der Waals surface area (Å²) in [5.74, 6) is 1.90. The van der Waals surface area contributed by atoms with Gasteiger partial charge in [-0.3, -0.25) is 0 Å². The lowest BCUT2D eigenvalue weighted by Crippen LogP contribution is -2.03. The first-order valence-electron chi connectivity index (χ1n) is 8.99. The molecule has 0 fully saturated rings. The van der Waals surface area contributed by atoms with E-state index in [1.54, 1.807) is 0 Å². The molecule has 0 spiro atoms. The Morgan fingerprint density at radius 2 is 1.93 bits per heavy atom. The van der Waals surface area contributed by atoms with Crippen LogP contribution in [0.3, 0.4) is 0 Å². The number of aryl methyl sites for hydroxylation is 2. The van der Waals surface area contributed by atoms with E-state index >= 15 is 0 Å². The maximum absolute atomic E-state index is 9.14. The van der Waals surface area contributed by atoms with Gasteiger partial charge in [-0.05, 0) is 60.6 Å². The van der Waals surface area contributed by atoms with Gasteiger partial charge in [-0.15, -0.1) is 10.2 Å². The minimum Gasteiger partial charge on any atom is -0.484 e. The van der Waals surface area contributed by atoms with Crippen molar-refractivity contribution in [3.63, 3.8) is 0 Å². The Bertz CT molecular complexity index is 978. The van der Waals surface area contributed by atoms with Crippen LogP contribution < -0.4 is 4.74 Å². The molecular formula is C21H19N3O2S. The fourth-order valence-electron chi connectivity index (χ4n) is 3.19. The molecule has 0 radical (unpaired) electrons. The van der Waals surface area contributed by atoms with E-state index in [0.29, 0.717) is 22.4 Å². The van der Waals surface area contributed by atoms with Gasteiger partial charge in [-0.2, -0.15) is 5.26 Å². The van der Waals surface area contributed by atoms with Gasteiger partial charge < -0.3 is 9.15 Å². The average molecular weight is 377 g/mol. The SMILES string of the molecule is N#Cc1ccccc1CSc1nnc(COc2ccc3c(c2)CCCC3)o1. The highest BCUT2D eigenvalue weighted by molar-refractivity contribution is 7.98. The molecule has 3 aromatic rings. The number of hydrogen-bond donors (Lipinski definition) is 0. The third-order valence-corrected chi connectivity index (χ3v) is 5.49. The van der Waals surface area contributed by atoms with Crippen LogP contribution in [-0.4, -0.2) is 10.2 Å². The first-order valence-corrected chi connectivity index (χ1v) is 9.98. The van der Waals surface area contributed by atoms with Crippen molar-refractivity contribution in [3.05, 3.63) is 70.6 Å². The average Bonchev–Trinajstić information content (AvgIpc) is 3.18. The van der Waals surface area contributed by atoms with Crippen molar-refractivity contribution in [2.75, 3.05) is 0 Å². The molecule has 5 nitrogen and oxygen atoms in total. The van der Waals surface area contributed by atoms with Crippen LogP contribution in [0.4, 0.5) is 0 Å². The van der Waals surface area contributed by atoms with Crippen molar-refractivity contribution in [3.8, 4) is 11.8 Å². The summed E-state index contributed by atoms with van der Waals surface area (Å²) < 4.78 is 11.5. The van der Waals surface area contributed by atoms with Crippen molar-refractivity contribution in [1.82, 2.24) is 10.2 Å². The third-order valence-electron chi connectivity index (χ3n) is 4.62. The van der Waals surface area contributed by atoms with Gasteiger partial charge >= 0.3 is 0 Å². The lowest BCUT2D eigenvalue weighted by atomic mass is 9.92. The Balaban J connectivity index is 1.34. The Kier molecular flexibility index (Phi) is 5.40. The minimum atomic E-state index is 0.251. The third kappa shape index (κ3) is 4.32. The van der Waals surface area contributed by atoms with Gasteiger partial charge in [0.1, 0.15) is 5.75 Å². The van der Waals surface area contributed by atoms with E-state index in [1.807, 2.05) is 30.3 Å².